The van der Waals surface area contributed by atoms with Gasteiger partial charge in [-0.15, -0.1) is 0 Å². The lowest BCUT2D eigenvalue weighted by atomic mass is 10.2. The molecule has 0 saturated heterocycles. The number of benzene rings is 3. The molecule has 3 aromatic rings. The summed E-state index contributed by atoms with van der Waals surface area (Å²) < 4.78 is 38.2. The normalized spacial score (nSPS) is 11.1. The van der Waals surface area contributed by atoms with E-state index in [1.165, 1.54) is 19.2 Å². The van der Waals surface area contributed by atoms with Gasteiger partial charge in [0.05, 0.1) is 12.0 Å². The van der Waals surface area contributed by atoms with Crippen molar-refractivity contribution in [2.45, 2.75) is 18.0 Å². The molecule has 0 fully saturated rings. The number of carboxylic acid groups (broad SMARTS) is 1. The van der Waals surface area contributed by atoms with E-state index in [0.29, 0.717) is 12.4 Å². The Labute approximate surface area is 174 Å². The van der Waals surface area contributed by atoms with Gasteiger partial charge >= 0.3 is 5.97 Å². The molecule has 0 aliphatic heterocycles. The Morgan fingerprint density at radius 1 is 0.967 bits per heavy atom. The van der Waals surface area contributed by atoms with E-state index < -0.39 is 16.0 Å². The molecule has 3 rings (SSSR count). The van der Waals surface area contributed by atoms with Crippen LogP contribution in [0.1, 0.15) is 21.5 Å². The number of sulfonamides is 1. The van der Waals surface area contributed by atoms with Crippen LogP contribution < -0.4 is 14.2 Å². The van der Waals surface area contributed by atoms with Crippen molar-refractivity contribution in [3.63, 3.8) is 0 Å². The summed E-state index contributed by atoms with van der Waals surface area (Å²) in [6.07, 6.45) is 0. The highest BCUT2D eigenvalue weighted by Gasteiger charge is 2.19. The second kappa shape index (κ2) is 9.43. The first-order valence-electron chi connectivity index (χ1n) is 9.06. The molecule has 0 aromatic heterocycles. The maximum absolute atomic E-state index is 12.5. The van der Waals surface area contributed by atoms with Crippen LogP contribution in [0.2, 0.25) is 0 Å². The van der Waals surface area contributed by atoms with Gasteiger partial charge < -0.3 is 14.6 Å². The average Bonchev–Trinajstić information content (AvgIpc) is 2.77. The zero-order valence-electron chi connectivity index (χ0n) is 16.2. The van der Waals surface area contributed by atoms with Crippen molar-refractivity contribution >= 4 is 16.0 Å². The Kier molecular flexibility index (Phi) is 6.71. The average molecular weight is 427 g/mol. The topological polar surface area (TPSA) is 102 Å². The molecule has 0 saturated carbocycles. The van der Waals surface area contributed by atoms with Crippen LogP contribution in [0.4, 0.5) is 0 Å². The van der Waals surface area contributed by atoms with Crippen molar-refractivity contribution in [2.24, 2.45) is 0 Å². The van der Waals surface area contributed by atoms with Crippen LogP contribution in [0.25, 0.3) is 0 Å². The van der Waals surface area contributed by atoms with Crippen LogP contribution in [0.5, 0.6) is 11.5 Å². The number of aromatic carboxylic acids is 1. The van der Waals surface area contributed by atoms with Crippen molar-refractivity contribution < 1.29 is 27.8 Å². The van der Waals surface area contributed by atoms with E-state index in [9.17, 15) is 18.3 Å². The molecule has 0 aliphatic carbocycles. The molecule has 2 N–H and O–H groups in total. The molecule has 30 heavy (non-hydrogen) atoms. The first-order chi connectivity index (χ1) is 14.4. The van der Waals surface area contributed by atoms with Gasteiger partial charge in [0.15, 0.2) is 0 Å². The third kappa shape index (κ3) is 5.37. The number of rotatable bonds is 9. The number of nitrogens with one attached hydrogen (secondary N) is 1. The molecule has 7 nitrogen and oxygen atoms in total. The lowest BCUT2D eigenvalue weighted by Gasteiger charge is -2.11. The van der Waals surface area contributed by atoms with Gasteiger partial charge in [-0.2, -0.15) is 0 Å². The summed E-state index contributed by atoms with van der Waals surface area (Å²) in [4.78, 5) is 11.2. The van der Waals surface area contributed by atoms with Crippen LogP contribution in [0.15, 0.2) is 77.7 Å². The first kappa shape index (κ1) is 21.4. The fourth-order valence-corrected chi connectivity index (χ4v) is 3.77. The van der Waals surface area contributed by atoms with Crippen molar-refractivity contribution in [3.8, 4) is 11.5 Å². The number of ether oxygens (including phenoxy) is 2. The SMILES string of the molecule is COc1ccc(S(=O)(=O)NCc2ccc(OCc3ccccc3)cc2)cc1C(=O)O. The highest BCUT2D eigenvalue weighted by atomic mass is 32.2. The van der Waals surface area contributed by atoms with Crippen molar-refractivity contribution in [1.29, 1.82) is 0 Å². The summed E-state index contributed by atoms with van der Waals surface area (Å²) in [7, 11) is -2.58. The van der Waals surface area contributed by atoms with Crippen molar-refractivity contribution in [3.05, 3.63) is 89.5 Å². The molecular formula is C22H21NO6S. The third-order valence-electron chi connectivity index (χ3n) is 4.35. The summed E-state index contributed by atoms with van der Waals surface area (Å²) in [5, 5.41) is 9.23. The van der Waals surface area contributed by atoms with Crippen molar-refractivity contribution in [2.75, 3.05) is 7.11 Å². The van der Waals surface area contributed by atoms with E-state index in [0.717, 1.165) is 17.2 Å². The van der Waals surface area contributed by atoms with E-state index in [-0.39, 0.29) is 22.8 Å². The minimum atomic E-state index is -3.90. The summed E-state index contributed by atoms with van der Waals surface area (Å²) in [5.41, 5.74) is 1.56. The molecule has 0 bridgehead atoms. The largest absolute Gasteiger partial charge is 0.496 e. The molecular weight excluding hydrogens is 406 g/mol. The second-order valence-electron chi connectivity index (χ2n) is 6.41. The van der Waals surface area contributed by atoms with E-state index >= 15 is 0 Å². The quantitative estimate of drug-likeness (QED) is 0.542. The zero-order valence-corrected chi connectivity index (χ0v) is 17.1. The standard InChI is InChI=1S/C22H21NO6S/c1-28-21-12-11-19(13-20(21)22(24)25)30(26,27)23-14-16-7-9-18(10-8-16)29-15-17-5-3-2-4-6-17/h2-13,23H,14-15H2,1H3,(H,24,25). The molecule has 3 aromatic carbocycles. The second-order valence-corrected chi connectivity index (χ2v) is 8.18. The van der Waals surface area contributed by atoms with Gasteiger partial charge in [0.1, 0.15) is 23.7 Å². The summed E-state index contributed by atoms with van der Waals surface area (Å²) in [5.74, 6) is -0.505. The van der Waals surface area contributed by atoms with Crippen LogP contribution in [-0.2, 0) is 23.2 Å². The lowest BCUT2D eigenvalue weighted by Crippen LogP contribution is -2.23. The smallest absolute Gasteiger partial charge is 0.339 e. The minimum Gasteiger partial charge on any atom is -0.496 e. The van der Waals surface area contributed by atoms with Gasteiger partial charge in [-0.25, -0.2) is 17.9 Å². The predicted molar refractivity (Wildman–Crippen MR) is 111 cm³/mol. The Balaban J connectivity index is 1.63. The van der Waals surface area contributed by atoms with E-state index in [1.807, 2.05) is 30.3 Å². The Morgan fingerprint density at radius 3 is 2.30 bits per heavy atom. The maximum atomic E-state index is 12.5. The predicted octanol–water partition coefficient (Wildman–Crippen LogP) is 3.45. The number of hydrogen-bond donors (Lipinski definition) is 2. The van der Waals surface area contributed by atoms with Crippen LogP contribution in [0.3, 0.4) is 0 Å². The fraction of sp³-hybridized carbons (Fsp3) is 0.136. The summed E-state index contributed by atoms with van der Waals surface area (Å²) in [6.45, 7) is 0.492. The van der Waals surface area contributed by atoms with Gasteiger partial charge in [-0.1, -0.05) is 42.5 Å². The lowest BCUT2D eigenvalue weighted by molar-refractivity contribution is 0.0693. The van der Waals surface area contributed by atoms with E-state index in [1.54, 1.807) is 24.3 Å². The number of methoxy groups -OCH3 is 1. The Bertz CT molecular complexity index is 1110. The first-order valence-corrected chi connectivity index (χ1v) is 10.5. The monoisotopic (exact) mass is 427 g/mol. The summed E-state index contributed by atoms with van der Waals surface area (Å²) in [6, 6.07) is 20.5. The van der Waals surface area contributed by atoms with E-state index in [4.69, 9.17) is 9.47 Å². The molecule has 0 amide bonds. The molecule has 0 aliphatic rings. The van der Waals surface area contributed by atoms with Gasteiger partial charge in [0.25, 0.3) is 0 Å². The molecule has 0 unspecified atom stereocenters. The molecule has 156 valence electrons. The molecule has 0 heterocycles. The van der Waals surface area contributed by atoms with Crippen LogP contribution in [-0.4, -0.2) is 26.6 Å². The third-order valence-corrected chi connectivity index (χ3v) is 5.75. The maximum Gasteiger partial charge on any atom is 0.339 e. The van der Waals surface area contributed by atoms with Crippen LogP contribution in [0, 0.1) is 0 Å². The zero-order chi connectivity index (χ0) is 21.6. The fourth-order valence-electron chi connectivity index (χ4n) is 2.73. The Morgan fingerprint density at radius 2 is 1.67 bits per heavy atom. The molecule has 0 radical (unpaired) electrons. The number of hydrogen-bond acceptors (Lipinski definition) is 5. The van der Waals surface area contributed by atoms with Gasteiger partial charge in [-0.3, -0.25) is 0 Å². The Hall–Kier alpha value is -3.36. The highest BCUT2D eigenvalue weighted by molar-refractivity contribution is 7.89. The van der Waals surface area contributed by atoms with Gasteiger partial charge in [0.2, 0.25) is 10.0 Å². The van der Waals surface area contributed by atoms with Gasteiger partial charge in [0, 0.05) is 6.54 Å². The molecule has 0 spiro atoms. The number of carboxylic acids is 1. The van der Waals surface area contributed by atoms with Crippen LogP contribution >= 0.6 is 0 Å². The minimum absolute atomic E-state index is 0.0513. The van der Waals surface area contributed by atoms with Crippen molar-refractivity contribution in [1.82, 2.24) is 4.72 Å². The molecule has 0 atom stereocenters. The highest BCUT2D eigenvalue weighted by Crippen LogP contribution is 2.23. The summed E-state index contributed by atoms with van der Waals surface area (Å²) >= 11 is 0. The number of carbonyl (C=O) groups is 1. The van der Waals surface area contributed by atoms with E-state index in [2.05, 4.69) is 4.72 Å². The van der Waals surface area contributed by atoms with Gasteiger partial charge in [-0.05, 0) is 41.5 Å². The molecule has 8 heteroatoms.